The molecule has 3 nitrogen and oxygen atoms in total. The maximum Gasteiger partial charge on any atom is 0.240 e. The lowest BCUT2D eigenvalue weighted by Gasteiger charge is -1.98. The van der Waals surface area contributed by atoms with Gasteiger partial charge in [-0.2, -0.15) is 0 Å². The van der Waals surface area contributed by atoms with Gasteiger partial charge in [-0.15, -0.1) is 0 Å². The van der Waals surface area contributed by atoms with Crippen LogP contribution in [0.1, 0.15) is 13.8 Å². The molecule has 0 aliphatic rings. The van der Waals surface area contributed by atoms with Crippen molar-refractivity contribution in [1.29, 1.82) is 0 Å². The van der Waals surface area contributed by atoms with Crippen LogP contribution in [0.25, 0.3) is 0 Å². The Morgan fingerprint density at radius 1 is 1.30 bits per heavy atom. The van der Waals surface area contributed by atoms with Gasteiger partial charge in [-0.05, 0) is 13.8 Å². The molecule has 0 saturated carbocycles. The first kappa shape index (κ1) is 6.99. The quantitative estimate of drug-likeness (QED) is 0.547. The van der Waals surface area contributed by atoms with Gasteiger partial charge in [0.05, 0.1) is 12.4 Å². The van der Waals surface area contributed by atoms with Crippen molar-refractivity contribution < 1.29 is 9.57 Å². The lowest BCUT2D eigenvalue weighted by atomic mass is 10.5. The van der Waals surface area contributed by atoms with E-state index in [1.165, 1.54) is 0 Å². The zero-order valence-corrected chi connectivity index (χ0v) is 6.19. The highest BCUT2D eigenvalue weighted by Gasteiger charge is 2.00. The van der Waals surface area contributed by atoms with Crippen molar-refractivity contribution in [2.75, 3.05) is 0 Å². The van der Waals surface area contributed by atoms with Crippen LogP contribution in [-0.2, 0) is 0 Å². The van der Waals surface area contributed by atoms with Gasteiger partial charge >= 0.3 is 0 Å². The van der Waals surface area contributed by atoms with Crippen LogP contribution in [0.2, 0.25) is 0 Å². The molecule has 10 heavy (non-hydrogen) atoms. The zero-order chi connectivity index (χ0) is 7.40. The Kier molecular flexibility index (Phi) is 2.20. The molecule has 0 atom stereocenters. The first-order valence-corrected chi connectivity index (χ1v) is 3.27. The van der Waals surface area contributed by atoms with E-state index in [0.29, 0.717) is 0 Å². The van der Waals surface area contributed by atoms with Gasteiger partial charge < -0.3 is 0 Å². The summed E-state index contributed by atoms with van der Waals surface area (Å²) in [5, 5.41) is 0. The number of nitrogens with zero attached hydrogens (tertiary/aromatic N) is 2. The third-order valence-corrected chi connectivity index (χ3v) is 0.932. The first-order valence-electron chi connectivity index (χ1n) is 3.27. The summed E-state index contributed by atoms with van der Waals surface area (Å²) in [6, 6.07) is 0. The van der Waals surface area contributed by atoms with Gasteiger partial charge in [0.2, 0.25) is 12.4 Å². The molecule has 1 aromatic heterocycles. The fourth-order valence-electron chi connectivity index (χ4n) is 0.621. The lowest BCUT2D eigenvalue weighted by Crippen LogP contribution is -2.45. The van der Waals surface area contributed by atoms with Crippen molar-refractivity contribution in [3.63, 3.8) is 0 Å². The highest BCUT2D eigenvalue weighted by Crippen LogP contribution is 1.75. The van der Waals surface area contributed by atoms with Crippen LogP contribution in [0.4, 0.5) is 0 Å². The topological polar surface area (TPSA) is 26.0 Å². The number of rotatable bonds is 2. The normalized spacial score (nSPS) is 9.90. The zero-order valence-electron chi connectivity index (χ0n) is 6.19. The van der Waals surface area contributed by atoms with Crippen LogP contribution in [0, 0.1) is 0 Å². The molecule has 0 spiro atoms. The highest BCUT2D eigenvalue weighted by molar-refractivity contribution is 4.61. The van der Waals surface area contributed by atoms with E-state index in [0.717, 1.165) is 0 Å². The molecular formula is C7H11N2O+. The van der Waals surface area contributed by atoms with Crippen LogP contribution in [0.3, 0.4) is 0 Å². The Morgan fingerprint density at radius 2 is 1.90 bits per heavy atom. The van der Waals surface area contributed by atoms with Crippen LogP contribution >= 0.6 is 0 Å². The highest BCUT2D eigenvalue weighted by atomic mass is 16.7. The fourth-order valence-corrected chi connectivity index (χ4v) is 0.621. The molecule has 0 aliphatic heterocycles. The molecule has 3 heteroatoms. The molecule has 0 bridgehead atoms. The van der Waals surface area contributed by atoms with Crippen molar-refractivity contribution >= 4 is 0 Å². The van der Waals surface area contributed by atoms with E-state index in [9.17, 15) is 0 Å². The molecule has 0 aromatic carbocycles. The predicted octanol–water partition coefficient (Wildman–Crippen LogP) is 0.206. The molecule has 0 aliphatic carbocycles. The Hall–Kier alpha value is -1.12. The first-order chi connectivity index (χ1) is 4.79. The summed E-state index contributed by atoms with van der Waals surface area (Å²) in [7, 11) is 0. The van der Waals surface area contributed by atoms with Crippen molar-refractivity contribution in [3.05, 3.63) is 24.8 Å². The predicted molar refractivity (Wildman–Crippen MR) is 36.1 cm³/mol. The minimum Gasteiger partial charge on any atom is -0.269 e. The standard InChI is InChI=1S/C7H11N2O/c1-7(2)10-9-5-3-8-4-6-9/h3-7H,1-2H3/q+1. The molecule has 0 amide bonds. The van der Waals surface area contributed by atoms with Gasteiger partial charge in [0.25, 0.3) is 0 Å². The maximum atomic E-state index is 5.29. The number of hydrogen-bond acceptors (Lipinski definition) is 2. The van der Waals surface area contributed by atoms with Gasteiger partial charge in [0.1, 0.15) is 0 Å². The largest absolute Gasteiger partial charge is 0.269 e. The smallest absolute Gasteiger partial charge is 0.240 e. The second-order valence-electron chi connectivity index (χ2n) is 2.26. The number of hydrogen-bond donors (Lipinski definition) is 0. The van der Waals surface area contributed by atoms with Crippen LogP contribution in [0.15, 0.2) is 24.8 Å². The van der Waals surface area contributed by atoms with E-state index in [4.69, 9.17) is 4.84 Å². The molecule has 0 N–H and O–H groups in total. The SMILES string of the molecule is CC(C)O[n+]1ccncc1. The van der Waals surface area contributed by atoms with Gasteiger partial charge in [0.15, 0.2) is 6.10 Å². The lowest BCUT2D eigenvalue weighted by molar-refractivity contribution is -0.898. The molecular weight excluding hydrogens is 128 g/mol. The Balaban J connectivity index is 2.59. The minimum absolute atomic E-state index is 0.201. The van der Waals surface area contributed by atoms with E-state index in [1.807, 2.05) is 13.8 Å². The Morgan fingerprint density at radius 3 is 2.40 bits per heavy atom. The third kappa shape index (κ3) is 2.01. The van der Waals surface area contributed by atoms with Crippen molar-refractivity contribution in [2.24, 2.45) is 0 Å². The molecule has 1 rings (SSSR count). The molecule has 0 unspecified atom stereocenters. The number of aromatic nitrogens is 2. The summed E-state index contributed by atoms with van der Waals surface area (Å²) >= 11 is 0. The molecule has 0 radical (unpaired) electrons. The van der Waals surface area contributed by atoms with E-state index < -0.39 is 0 Å². The average molecular weight is 139 g/mol. The summed E-state index contributed by atoms with van der Waals surface area (Å²) in [4.78, 5) is 9.14. The summed E-state index contributed by atoms with van der Waals surface area (Å²) in [6.45, 7) is 3.96. The second kappa shape index (κ2) is 3.15. The molecule has 1 aromatic rings. The summed E-state index contributed by atoms with van der Waals surface area (Å²) < 4.78 is 1.64. The Labute approximate surface area is 60.2 Å². The van der Waals surface area contributed by atoms with E-state index in [-0.39, 0.29) is 6.10 Å². The van der Waals surface area contributed by atoms with Crippen LogP contribution in [0.5, 0.6) is 0 Å². The monoisotopic (exact) mass is 139 g/mol. The minimum atomic E-state index is 0.201. The van der Waals surface area contributed by atoms with E-state index >= 15 is 0 Å². The average Bonchev–Trinajstić information content (AvgIpc) is 1.88. The van der Waals surface area contributed by atoms with Crippen molar-refractivity contribution in [2.45, 2.75) is 20.0 Å². The van der Waals surface area contributed by atoms with Crippen molar-refractivity contribution in [1.82, 2.24) is 4.98 Å². The van der Waals surface area contributed by atoms with Gasteiger partial charge in [0, 0.05) is 4.73 Å². The van der Waals surface area contributed by atoms with Crippen LogP contribution in [-0.4, -0.2) is 11.1 Å². The van der Waals surface area contributed by atoms with Crippen LogP contribution < -0.4 is 9.57 Å². The molecule has 0 fully saturated rings. The summed E-state index contributed by atoms with van der Waals surface area (Å²) in [5.41, 5.74) is 0. The maximum absolute atomic E-state index is 5.29. The molecule has 1 heterocycles. The third-order valence-electron chi connectivity index (χ3n) is 0.932. The molecule has 0 saturated heterocycles. The van der Waals surface area contributed by atoms with E-state index in [2.05, 4.69) is 4.98 Å². The fraction of sp³-hybridized carbons (Fsp3) is 0.429. The second-order valence-corrected chi connectivity index (χ2v) is 2.26. The Bertz CT molecular complexity index is 186. The van der Waals surface area contributed by atoms with Gasteiger partial charge in [-0.3, -0.25) is 9.82 Å². The van der Waals surface area contributed by atoms with Gasteiger partial charge in [-0.25, -0.2) is 0 Å². The van der Waals surface area contributed by atoms with Crippen molar-refractivity contribution in [3.8, 4) is 0 Å². The summed E-state index contributed by atoms with van der Waals surface area (Å²) in [6.07, 6.45) is 7.09. The summed E-state index contributed by atoms with van der Waals surface area (Å²) in [5.74, 6) is 0. The van der Waals surface area contributed by atoms with Gasteiger partial charge in [-0.1, -0.05) is 0 Å². The van der Waals surface area contributed by atoms with E-state index in [1.54, 1.807) is 29.5 Å². The molecule has 54 valence electrons.